The van der Waals surface area contributed by atoms with E-state index in [4.69, 9.17) is 52.1 Å². The van der Waals surface area contributed by atoms with Crippen molar-refractivity contribution in [3.05, 3.63) is 56.2 Å². The van der Waals surface area contributed by atoms with Gasteiger partial charge in [0, 0.05) is 17.7 Å². The Hall–Kier alpha value is -1.53. The Balaban J connectivity index is 2.41. The Morgan fingerprint density at radius 3 is 2.18 bits per heavy atom. The summed E-state index contributed by atoms with van der Waals surface area (Å²) < 4.78 is 0. The molecule has 1 aromatic carbocycles. The van der Waals surface area contributed by atoms with Gasteiger partial charge in [0.25, 0.3) is 0 Å². The summed E-state index contributed by atoms with van der Waals surface area (Å²) in [4.78, 5) is 15.4. The highest BCUT2D eigenvalue weighted by Crippen LogP contribution is 2.25. The number of hydrogen-bond donors (Lipinski definition) is 1. The largest absolute Gasteiger partial charge is 0.350 e. The first-order chi connectivity index (χ1) is 10.4. The third kappa shape index (κ3) is 4.01. The number of nitrogens with zero attached hydrogens (tertiary/aromatic N) is 3. The molecule has 9 heteroatoms. The number of rotatable bonds is 3. The number of urea groups is 1. The van der Waals surface area contributed by atoms with Gasteiger partial charge in [-0.05, 0) is 12.1 Å². The van der Waals surface area contributed by atoms with Crippen molar-refractivity contribution in [2.75, 3.05) is 5.01 Å². The van der Waals surface area contributed by atoms with Gasteiger partial charge in [0.15, 0.2) is 0 Å². The summed E-state index contributed by atoms with van der Waals surface area (Å²) in [6.45, 7) is 0. The predicted molar refractivity (Wildman–Crippen MR) is 90.4 cm³/mol. The molecule has 0 atom stereocenters. The van der Waals surface area contributed by atoms with E-state index < -0.39 is 6.03 Å². The molecule has 2 amide bonds. The second-order valence-electron chi connectivity index (χ2n) is 4.00. The van der Waals surface area contributed by atoms with Gasteiger partial charge in [-0.25, -0.2) is 9.78 Å². The zero-order valence-electron chi connectivity index (χ0n) is 10.8. The number of nitrogens with two attached hydrogens (primary N) is 1. The fourth-order valence-corrected chi connectivity index (χ4v) is 2.52. The van der Waals surface area contributed by atoms with E-state index in [0.29, 0.717) is 15.6 Å². The number of benzene rings is 1. The van der Waals surface area contributed by atoms with E-state index >= 15 is 0 Å². The zero-order chi connectivity index (χ0) is 16.3. The Kier molecular flexibility index (Phi) is 5.47. The highest BCUT2D eigenvalue weighted by atomic mass is 35.5. The summed E-state index contributed by atoms with van der Waals surface area (Å²) in [6.07, 6.45) is 1.32. The molecule has 1 heterocycles. The molecule has 5 nitrogen and oxygen atoms in total. The lowest BCUT2D eigenvalue weighted by atomic mass is 10.2. The van der Waals surface area contributed by atoms with Gasteiger partial charge in [-0.2, -0.15) is 10.1 Å². The van der Waals surface area contributed by atoms with E-state index in [1.54, 1.807) is 18.2 Å². The van der Waals surface area contributed by atoms with Crippen LogP contribution in [0, 0.1) is 0 Å². The van der Waals surface area contributed by atoms with Crippen molar-refractivity contribution in [2.45, 2.75) is 0 Å². The molecule has 0 fully saturated rings. The van der Waals surface area contributed by atoms with Crippen LogP contribution >= 0.6 is 46.4 Å². The molecule has 0 aliphatic heterocycles. The quantitative estimate of drug-likeness (QED) is 0.481. The van der Waals surface area contributed by atoms with Crippen molar-refractivity contribution >= 4 is 64.3 Å². The lowest BCUT2D eigenvalue weighted by molar-refractivity contribution is 0.254. The molecule has 114 valence electrons. The van der Waals surface area contributed by atoms with Crippen molar-refractivity contribution in [1.29, 1.82) is 0 Å². The van der Waals surface area contributed by atoms with Crippen LogP contribution in [0.2, 0.25) is 20.4 Å². The molecule has 0 spiro atoms. The van der Waals surface area contributed by atoms with Gasteiger partial charge in [0.2, 0.25) is 0 Å². The second-order valence-corrected chi connectivity index (χ2v) is 5.59. The first kappa shape index (κ1) is 16.8. The first-order valence-electron chi connectivity index (χ1n) is 5.79. The van der Waals surface area contributed by atoms with Crippen LogP contribution in [0.25, 0.3) is 0 Å². The molecule has 2 aromatic rings. The van der Waals surface area contributed by atoms with Crippen LogP contribution in [-0.4, -0.2) is 17.2 Å². The minimum Gasteiger partial charge on any atom is -0.350 e. The number of hydrazone groups is 1. The first-order valence-corrected chi connectivity index (χ1v) is 7.30. The summed E-state index contributed by atoms with van der Waals surface area (Å²) in [5, 5.41) is 5.85. The maximum atomic E-state index is 11.6. The molecule has 2 rings (SSSR count). The number of aromatic nitrogens is 1. The number of pyridine rings is 1. The van der Waals surface area contributed by atoms with E-state index in [2.05, 4.69) is 10.1 Å². The number of hydrogen-bond acceptors (Lipinski definition) is 3. The Bertz CT molecular complexity index is 710. The molecule has 1 aromatic heterocycles. The van der Waals surface area contributed by atoms with Crippen LogP contribution in [0.1, 0.15) is 5.56 Å². The van der Waals surface area contributed by atoms with Crippen LogP contribution in [0.4, 0.5) is 10.5 Å². The van der Waals surface area contributed by atoms with Gasteiger partial charge in [0.1, 0.15) is 10.3 Å². The van der Waals surface area contributed by atoms with Crippen LogP contribution in [-0.2, 0) is 0 Å². The highest BCUT2D eigenvalue weighted by Gasteiger charge is 2.14. The number of carbonyl (C=O) groups excluding carboxylic acids is 1. The van der Waals surface area contributed by atoms with Crippen LogP contribution < -0.4 is 10.7 Å². The lowest BCUT2D eigenvalue weighted by Crippen LogP contribution is -2.31. The van der Waals surface area contributed by atoms with Crippen LogP contribution in [0.3, 0.4) is 0 Å². The van der Waals surface area contributed by atoms with E-state index in [1.807, 2.05) is 0 Å². The summed E-state index contributed by atoms with van der Waals surface area (Å²) in [6, 6.07) is 6.93. The molecule has 22 heavy (non-hydrogen) atoms. The average molecular weight is 378 g/mol. The number of anilines is 1. The lowest BCUT2D eigenvalue weighted by Gasteiger charge is -2.14. The zero-order valence-corrected chi connectivity index (χ0v) is 13.8. The molecular formula is C13H8Cl4N4O. The molecule has 0 unspecified atom stereocenters. The maximum Gasteiger partial charge on any atom is 0.340 e. The summed E-state index contributed by atoms with van der Waals surface area (Å²) in [5.41, 5.74) is 6.02. The van der Waals surface area contributed by atoms with Gasteiger partial charge < -0.3 is 5.73 Å². The summed E-state index contributed by atoms with van der Waals surface area (Å²) in [5.74, 6) is 0. The van der Waals surface area contributed by atoms with Crippen molar-refractivity contribution in [3.8, 4) is 0 Å². The number of primary amides is 1. The molecule has 0 saturated heterocycles. The van der Waals surface area contributed by atoms with Crippen molar-refractivity contribution in [1.82, 2.24) is 4.98 Å². The molecule has 0 bridgehead atoms. The van der Waals surface area contributed by atoms with Gasteiger partial charge in [-0.3, -0.25) is 0 Å². The minimum absolute atomic E-state index is 0.0970. The summed E-state index contributed by atoms with van der Waals surface area (Å²) in [7, 11) is 0. The standard InChI is InChI=1S/C13H8Cl4N4O/c14-9-2-1-3-10(15)8(9)6-19-21(13(18)22)7-4-11(16)20-12(17)5-7/h1-6H,(H2,18,22)/b19-6+. The fourth-order valence-electron chi connectivity index (χ4n) is 1.57. The number of halogens is 4. The van der Waals surface area contributed by atoms with Crippen molar-refractivity contribution < 1.29 is 4.79 Å². The molecule has 0 saturated carbocycles. The second kappa shape index (κ2) is 7.15. The topological polar surface area (TPSA) is 71.6 Å². The average Bonchev–Trinajstić information content (AvgIpc) is 2.40. The van der Waals surface area contributed by atoms with Gasteiger partial charge in [0.05, 0.1) is 21.9 Å². The van der Waals surface area contributed by atoms with Crippen LogP contribution in [0.15, 0.2) is 35.4 Å². The van der Waals surface area contributed by atoms with E-state index in [0.717, 1.165) is 5.01 Å². The molecule has 0 aliphatic rings. The van der Waals surface area contributed by atoms with Gasteiger partial charge in [-0.1, -0.05) is 52.5 Å². The minimum atomic E-state index is -0.835. The number of carbonyl (C=O) groups is 1. The molecular weight excluding hydrogens is 370 g/mol. The van der Waals surface area contributed by atoms with Gasteiger partial charge >= 0.3 is 6.03 Å². The Morgan fingerprint density at radius 2 is 1.68 bits per heavy atom. The Morgan fingerprint density at radius 1 is 1.14 bits per heavy atom. The summed E-state index contributed by atoms with van der Waals surface area (Å²) >= 11 is 23.6. The third-order valence-corrected chi connectivity index (χ3v) is 3.55. The van der Waals surface area contributed by atoms with Crippen LogP contribution in [0.5, 0.6) is 0 Å². The van der Waals surface area contributed by atoms with E-state index in [-0.39, 0.29) is 16.0 Å². The van der Waals surface area contributed by atoms with Crippen molar-refractivity contribution in [2.24, 2.45) is 10.8 Å². The third-order valence-electron chi connectivity index (χ3n) is 2.50. The molecule has 0 aliphatic carbocycles. The molecule has 2 N–H and O–H groups in total. The van der Waals surface area contributed by atoms with Gasteiger partial charge in [-0.15, -0.1) is 0 Å². The predicted octanol–water partition coefficient (Wildman–Crippen LogP) is 4.61. The Labute approximate surface area is 146 Å². The monoisotopic (exact) mass is 376 g/mol. The van der Waals surface area contributed by atoms with E-state index in [1.165, 1.54) is 18.3 Å². The maximum absolute atomic E-state index is 11.6. The highest BCUT2D eigenvalue weighted by molar-refractivity contribution is 6.38. The molecule has 0 radical (unpaired) electrons. The smallest absolute Gasteiger partial charge is 0.340 e. The number of amides is 2. The fraction of sp³-hybridized carbons (Fsp3) is 0. The normalized spacial score (nSPS) is 10.9. The SMILES string of the molecule is NC(=O)N(/N=C/c1c(Cl)cccc1Cl)c1cc(Cl)nc(Cl)c1. The van der Waals surface area contributed by atoms with E-state index in [9.17, 15) is 4.79 Å². The van der Waals surface area contributed by atoms with Crippen molar-refractivity contribution in [3.63, 3.8) is 0 Å².